The molecular formula is C37H36I2N6O6. The summed E-state index contributed by atoms with van der Waals surface area (Å²) >= 11 is 4.63. The predicted octanol–water partition coefficient (Wildman–Crippen LogP) is 6.72. The van der Waals surface area contributed by atoms with Crippen LogP contribution < -0.4 is 18.9 Å². The highest BCUT2D eigenvalue weighted by molar-refractivity contribution is 14.1. The molecule has 0 atom stereocenters. The third kappa shape index (κ3) is 9.27. The first kappa shape index (κ1) is 35.4. The maximum absolute atomic E-state index is 6.03. The second kappa shape index (κ2) is 17.5. The summed E-state index contributed by atoms with van der Waals surface area (Å²) < 4.78 is 40.5. The number of benzene rings is 3. The Bertz CT molecular complexity index is 1850. The molecule has 1 aliphatic carbocycles. The molecule has 2 aromatic heterocycles. The maximum Gasteiger partial charge on any atom is 0.127 e. The molecule has 0 unspecified atom stereocenters. The van der Waals surface area contributed by atoms with Gasteiger partial charge in [0.2, 0.25) is 0 Å². The Morgan fingerprint density at radius 1 is 0.510 bits per heavy atom. The molecule has 9 rings (SSSR count). The lowest BCUT2D eigenvalue weighted by Crippen LogP contribution is -2.13. The lowest BCUT2D eigenvalue weighted by molar-refractivity contribution is 0.0273. The molecule has 5 heterocycles. The second-order valence-corrected chi connectivity index (χ2v) is 13.6. The Kier molecular flexibility index (Phi) is 12.1. The topological polar surface area (TPSA) is 117 Å². The van der Waals surface area contributed by atoms with Crippen molar-refractivity contribution in [2.75, 3.05) is 52.9 Å². The minimum Gasteiger partial charge on any atom is -0.492 e. The van der Waals surface area contributed by atoms with Gasteiger partial charge < -0.3 is 28.4 Å². The zero-order chi connectivity index (χ0) is 34.8. The standard InChI is InChI=1S/C37H36I2N6O6/c38-36-34-28-23-27(26-3-1-2-4-26)24-29(25-28)35-37(39)45(43-41-35)14-16-49-31-7-11-33(12-8-31)51-22-20-47-18-17-46-19-21-50-32-9-5-30(6-10-32)48-15-13-44(36)42-40-34/h1-3,5-12,23-25H,4,13-22H2. The highest BCUT2D eigenvalue weighted by Crippen LogP contribution is 2.35. The van der Waals surface area contributed by atoms with E-state index in [0.717, 1.165) is 64.9 Å². The minimum atomic E-state index is 0.432. The first-order valence-corrected chi connectivity index (χ1v) is 18.8. The van der Waals surface area contributed by atoms with Crippen LogP contribution in [0.4, 0.5) is 0 Å². The van der Waals surface area contributed by atoms with Gasteiger partial charge in [0.25, 0.3) is 0 Å². The van der Waals surface area contributed by atoms with Crippen LogP contribution in [-0.2, 0) is 22.6 Å². The molecule has 0 N–H and O–H groups in total. The summed E-state index contributed by atoms with van der Waals surface area (Å²) in [4.78, 5) is 0. The van der Waals surface area contributed by atoms with Gasteiger partial charge in [-0.25, -0.2) is 9.36 Å². The molecule has 0 fully saturated rings. The third-order valence-corrected chi connectivity index (χ3v) is 10.3. The van der Waals surface area contributed by atoms with E-state index < -0.39 is 0 Å². The van der Waals surface area contributed by atoms with E-state index in [4.69, 9.17) is 28.4 Å². The van der Waals surface area contributed by atoms with Gasteiger partial charge in [0.1, 0.15) is 68.2 Å². The zero-order valence-corrected chi connectivity index (χ0v) is 32.1. The highest BCUT2D eigenvalue weighted by atomic mass is 127. The number of halogens is 2. The average Bonchev–Trinajstić information content (AvgIpc) is 3.91. The Morgan fingerprint density at radius 2 is 0.922 bits per heavy atom. The van der Waals surface area contributed by atoms with Crippen LogP contribution >= 0.6 is 45.2 Å². The van der Waals surface area contributed by atoms with Gasteiger partial charge in [-0.1, -0.05) is 28.7 Å². The van der Waals surface area contributed by atoms with E-state index in [2.05, 4.69) is 102 Å². The van der Waals surface area contributed by atoms with Gasteiger partial charge in [-0.15, -0.1) is 10.2 Å². The van der Waals surface area contributed by atoms with Crippen molar-refractivity contribution in [1.82, 2.24) is 30.0 Å². The van der Waals surface area contributed by atoms with Crippen LogP contribution in [0.3, 0.4) is 0 Å². The quantitative estimate of drug-likeness (QED) is 0.168. The summed E-state index contributed by atoms with van der Waals surface area (Å²) in [7, 11) is 0. The summed E-state index contributed by atoms with van der Waals surface area (Å²) in [6.45, 7) is 4.70. The number of hydrogen-bond donors (Lipinski definition) is 0. The van der Waals surface area contributed by atoms with Crippen molar-refractivity contribution in [3.8, 4) is 45.5 Å². The van der Waals surface area contributed by atoms with Crippen molar-refractivity contribution < 1.29 is 28.4 Å². The molecule has 12 nitrogen and oxygen atoms in total. The van der Waals surface area contributed by atoms with E-state index in [9.17, 15) is 0 Å². The molecule has 264 valence electrons. The maximum atomic E-state index is 6.03. The van der Waals surface area contributed by atoms with Crippen LogP contribution in [0.2, 0.25) is 0 Å². The summed E-state index contributed by atoms with van der Waals surface area (Å²) in [5, 5.41) is 18.2. The first-order valence-electron chi connectivity index (χ1n) is 16.7. The monoisotopic (exact) mass is 914 g/mol. The van der Waals surface area contributed by atoms with Gasteiger partial charge in [0, 0.05) is 11.1 Å². The Balaban J connectivity index is 1.10. The molecule has 4 aliphatic rings. The van der Waals surface area contributed by atoms with Crippen LogP contribution in [-0.4, -0.2) is 82.8 Å². The second-order valence-electron chi connectivity index (χ2n) is 11.6. The predicted molar refractivity (Wildman–Crippen MR) is 208 cm³/mol. The average molecular weight is 915 g/mol. The summed E-state index contributed by atoms with van der Waals surface area (Å²) in [6.07, 6.45) is 7.27. The molecule has 0 saturated heterocycles. The van der Waals surface area contributed by atoms with Crippen molar-refractivity contribution in [3.05, 3.63) is 97.9 Å². The molecule has 3 aromatic carbocycles. The van der Waals surface area contributed by atoms with E-state index in [1.165, 1.54) is 5.57 Å². The van der Waals surface area contributed by atoms with Crippen molar-refractivity contribution >= 4 is 50.8 Å². The van der Waals surface area contributed by atoms with Crippen molar-refractivity contribution in [3.63, 3.8) is 0 Å². The molecule has 0 radical (unpaired) electrons. The van der Waals surface area contributed by atoms with Gasteiger partial charge in [-0.3, -0.25) is 0 Å². The number of ether oxygens (including phenoxy) is 6. The number of aromatic nitrogens is 6. The number of allylic oxidation sites excluding steroid dienone is 4. The zero-order valence-electron chi connectivity index (χ0n) is 27.7. The normalized spacial score (nSPS) is 16.1. The first-order chi connectivity index (χ1) is 25.1. The number of fused-ring (bicyclic) bond motifs is 2. The van der Waals surface area contributed by atoms with Gasteiger partial charge >= 0.3 is 0 Å². The summed E-state index contributed by atoms with van der Waals surface area (Å²) in [6, 6.07) is 21.6. The van der Waals surface area contributed by atoms with E-state index in [-0.39, 0.29) is 0 Å². The Hall–Kier alpha value is -4.00. The van der Waals surface area contributed by atoms with Gasteiger partial charge in [-0.05, 0) is 129 Å². The molecule has 0 amide bonds. The number of rotatable bonds is 1. The third-order valence-electron chi connectivity index (χ3n) is 8.13. The van der Waals surface area contributed by atoms with E-state index in [0.29, 0.717) is 65.9 Å². The van der Waals surface area contributed by atoms with Crippen LogP contribution in [0.15, 0.2) is 85.0 Å². The largest absolute Gasteiger partial charge is 0.492 e. The molecule has 0 saturated carbocycles. The number of hydrogen-bond acceptors (Lipinski definition) is 10. The minimum absolute atomic E-state index is 0.432. The molecule has 14 heteroatoms. The van der Waals surface area contributed by atoms with Crippen molar-refractivity contribution in [2.45, 2.75) is 19.5 Å². The number of nitrogens with zero attached hydrogens (tertiary/aromatic N) is 6. The lowest BCUT2D eigenvalue weighted by Gasteiger charge is -2.10. The van der Waals surface area contributed by atoms with Gasteiger partial charge in [-0.2, -0.15) is 0 Å². The summed E-state index contributed by atoms with van der Waals surface area (Å²) in [5.74, 6) is 3.00. The Labute approximate surface area is 323 Å². The molecular weight excluding hydrogens is 878 g/mol. The fourth-order valence-corrected chi connectivity index (χ4v) is 7.03. The fraction of sp³-hybridized carbons (Fsp3) is 0.297. The summed E-state index contributed by atoms with van der Waals surface area (Å²) in [5.41, 5.74) is 5.88. The van der Waals surface area contributed by atoms with Crippen LogP contribution in [0.1, 0.15) is 12.0 Å². The SMILES string of the molecule is Ic1c2nnn1CCOc1ccc(cc1)OCCOCCOCCOc1ccc(cc1)OCCn1nnc(c1I)-c1cc(C3=CC=CC3)cc-2c1. The Morgan fingerprint density at radius 3 is 1.35 bits per heavy atom. The van der Waals surface area contributed by atoms with Crippen molar-refractivity contribution in [2.24, 2.45) is 0 Å². The van der Waals surface area contributed by atoms with Crippen LogP contribution in [0.25, 0.3) is 28.1 Å². The molecule has 5 aromatic rings. The van der Waals surface area contributed by atoms with Gasteiger partial charge in [0.05, 0.1) is 39.5 Å². The molecule has 3 aliphatic heterocycles. The van der Waals surface area contributed by atoms with E-state index in [1.54, 1.807) is 0 Å². The lowest BCUT2D eigenvalue weighted by atomic mass is 9.97. The fourth-order valence-electron chi connectivity index (χ4n) is 5.51. The van der Waals surface area contributed by atoms with Crippen LogP contribution in [0, 0.1) is 7.40 Å². The molecule has 51 heavy (non-hydrogen) atoms. The molecule has 0 spiro atoms. The van der Waals surface area contributed by atoms with Crippen LogP contribution in [0.5, 0.6) is 23.0 Å². The van der Waals surface area contributed by atoms with E-state index >= 15 is 0 Å². The van der Waals surface area contributed by atoms with Crippen molar-refractivity contribution in [1.29, 1.82) is 0 Å². The molecule has 10 bridgehead atoms. The smallest absolute Gasteiger partial charge is 0.127 e. The van der Waals surface area contributed by atoms with E-state index in [1.807, 2.05) is 57.9 Å². The highest BCUT2D eigenvalue weighted by Gasteiger charge is 2.19. The van der Waals surface area contributed by atoms with Gasteiger partial charge in [0.15, 0.2) is 0 Å².